The van der Waals surface area contributed by atoms with E-state index in [4.69, 9.17) is 19.9 Å². The number of benzene rings is 1. The quantitative estimate of drug-likeness (QED) is 0.926. The summed E-state index contributed by atoms with van der Waals surface area (Å²) in [5, 5.41) is 0. The molecule has 1 saturated heterocycles. The van der Waals surface area contributed by atoms with Crippen LogP contribution < -0.4 is 15.2 Å². The Kier molecular flexibility index (Phi) is 4.36. The van der Waals surface area contributed by atoms with Gasteiger partial charge in [-0.25, -0.2) is 0 Å². The van der Waals surface area contributed by atoms with Crippen LogP contribution in [0.25, 0.3) is 0 Å². The molecule has 116 valence electrons. The van der Waals surface area contributed by atoms with Crippen molar-refractivity contribution in [2.45, 2.75) is 50.2 Å². The lowest BCUT2D eigenvalue weighted by molar-refractivity contribution is 0.00633. The van der Waals surface area contributed by atoms with E-state index in [0.717, 1.165) is 49.4 Å². The predicted molar refractivity (Wildman–Crippen MR) is 81.8 cm³/mol. The molecule has 3 rings (SSSR count). The van der Waals surface area contributed by atoms with Crippen molar-refractivity contribution in [2.75, 3.05) is 20.3 Å². The number of hydrogen-bond donors (Lipinski definition) is 1. The second kappa shape index (κ2) is 6.24. The first-order valence-electron chi connectivity index (χ1n) is 7.94. The zero-order valence-electron chi connectivity index (χ0n) is 12.8. The maximum atomic E-state index is 6.60. The first-order valence-corrected chi connectivity index (χ1v) is 7.94. The van der Waals surface area contributed by atoms with Crippen LogP contribution in [0.5, 0.6) is 11.5 Å². The molecule has 1 atom stereocenters. The van der Waals surface area contributed by atoms with Crippen LogP contribution >= 0.6 is 0 Å². The van der Waals surface area contributed by atoms with E-state index in [0.29, 0.717) is 6.61 Å². The van der Waals surface area contributed by atoms with Crippen LogP contribution in [0.3, 0.4) is 0 Å². The molecule has 4 heteroatoms. The van der Waals surface area contributed by atoms with Gasteiger partial charge < -0.3 is 19.9 Å². The Hall–Kier alpha value is -1.26. The van der Waals surface area contributed by atoms with Gasteiger partial charge in [0.05, 0.1) is 13.7 Å². The van der Waals surface area contributed by atoms with Gasteiger partial charge in [0, 0.05) is 17.7 Å². The molecule has 0 spiro atoms. The minimum Gasteiger partial charge on any atom is -0.493 e. The van der Waals surface area contributed by atoms with Crippen molar-refractivity contribution in [1.82, 2.24) is 0 Å². The standard InChI is InChI=1S/C17H25NO3/c1-19-16-14(17(18)9-2-3-10-17)7-4-8-15(16)21-13-6-5-11-20-12-13/h4,7-8,13H,2-3,5-6,9-12,18H2,1H3. The van der Waals surface area contributed by atoms with Gasteiger partial charge >= 0.3 is 0 Å². The van der Waals surface area contributed by atoms with E-state index >= 15 is 0 Å². The molecule has 1 aromatic rings. The average molecular weight is 291 g/mol. The summed E-state index contributed by atoms with van der Waals surface area (Å²) in [7, 11) is 1.70. The minimum atomic E-state index is -0.270. The fourth-order valence-electron chi connectivity index (χ4n) is 3.47. The Balaban J connectivity index is 1.86. The molecule has 0 aromatic heterocycles. The molecule has 2 N–H and O–H groups in total. The molecule has 1 aliphatic carbocycles. The third-order valence-electron chi connectivity index (χ3n) is 4.63. The van der Waals surface area contributed by atoms with E-state index in [1.165, 1.54) is 12.8 Å². The smallest absolute Gasteiger partial charge is 0.165 e. The molecule has 1 aromatic carbocycles. The number of ether oxygens (including phenoxy) is 3. The third kappa shape index (κ3) is 3.01. The summed E-state index contributed by atoms with van der Waals surface area (Å²) in [6.45, 7) is 1.49. The normalized spacial score (nSPS) is 24.8. The zero-order valence-corrected chi connectivity index (χ0v) is 12.8. The van der Waals surface area contributed by atoms with Gasteiger partial charge in [-0.1, -0.05) is 25.0 Å². The second-order valence-corrected chi connectivity index (χ2v) is 6.16. The first-order chi connectivity index (χ1) is 10.2. The fourth-order valence-corrected chi connectivity index (χ4v) is 3.47. The molecule has 0 radical (unpaired) electrons. The van der Waals surface area contributed by atoms with E-state index in [1.807, 2.05) is 12.1 Å². The van der Waals surface area contributed by atoms with Gasteiger partial charge in [-0.2, -0.15) is 0 Å². The fraction of sp³-hybridized carbons (Fsp3) is 0.647. The SMILES string of the molecule is COc1c(OC2CCCOC2)cccc1C1(N)CCCC1. The van der Waals surface area contributed by atoms with Gasteiger partial charge in [0.15, 0.2) is 11.5 Å². The highest BCUT2D eigenvalue weighted by Gasteiger charge is 2.35. The average Bonchev–Trinajstić information content (AvgIpc) is 2.96. The number of para-hydroxylation sites is 1. The van der Waals surface area contributed by atoms with Crippen molar-refractivity contribution in [3.63, 3.8) is 0 Å². The Labute approximate surface area is 126 Å². The number of nitrogens with two attached hydrogens (primary N) is 1. The summed E-state index contributed by atoms with van der Waals surface area (Å²) in [6, 6.07) is 6.06. The molecular weight excluding hydrogens is 266 g/mol. The van der Waals surface area contributed by atoms with Crippen molar-refractivity contribution in [1.29, 1.82) is 0 Å². The lowest BCUT2D eigenvalue weighted by Crippen LogP contribution is -2.34. The van der Waals surface area contributed by atoms with Crippen LogP contribution in [-0.4, -0.2) is 26.4 Å². The van der Waals surface area contributed by atoms with Crippen LogP contribution in [0.15, 0.2) is 18.2 Å². The van der Waals surface area contributed by atoms with Crippen LogP contribution in [-0.2, 0) is 10.3 Å². The number of methoxy groups -OCH3 is 1. The van der Waals surface area contributed by atoms with Crippen LogP contribution in [0.4, 0.5) is 0 Å². The Morgan fingerprint density at radius 3 is 2.71 bits per heavy atom. The van der Waals surface area contributed by atoms with Gasteiger partial charge in [-0.3, -0.25) is 0 Å². The molecule has 4 nitrogen and oxygen atoms in total. The highest BCUT2D eigenvalue weighted by molar-refractivity contribution is 5.50. The van der Waals surface area contributed by atoms with E-state index in [1.54, 1.807) is 7.11 Å². The lowest BCUT2D eigenvalue weighted by Gasteiger charge is -2.29. The molecule has 21 heavy (non-hydrogen) atoms. The molecule has 1 unspecified atom stereocenters. The Morgan fingerprint density at radius 2 is 2.05 bits per heavy atom. The van der Waals surface area contributed by atoms with Crippen LogP contribution in [0.1, 0.15) is 44.1 Å². The zero-order chi connectivity index (χ0) is 14.7. The summed E-state index contributed by atoms with van der Waals surface area (Å²) in [5.41, 5.74) is 7.41. The summed E-state index contributed by atoms with van der Waals surface area (Å²) in [5.74, 6) is 1.59. The third-order valence-corrected chi connectivity index (χ3v) is 4.63. The summed E-state index contributed by atoms with van der Waals surface area (Å²) in [4.78, 5) is 0. The summed E-state index contributed by atoms with van der Waals surface area (Å²) >= 11 is 0. The van der Waals surface area contributed by atoms with Gasteiger partial charge in [0.25, 0.3) is 0 Å². The molecule has 0 amide bonds. The van der Waals surface area contributed by atoms with Crippen molar-refractivity contribution in [3.05, 3.63) is 23.8 Å². The highest BCUT2D eigenvalue weighted by Crippen LogP contribution is 2.44. The summed E-state index contributed by atoms with van der Waals surface area (Å²) in [6.07, 6.45) is 6.58. The van der Waals surface area contributed by atoms with Crippen molar-refractivity contribution in [3.8, 4) is 11.5 Å². The number of rotatable bonds is 4. The van der Waals surface area contributed by atoms with Crippen molar-refractivity contribution < 1.29 is 14.2 Å². The molecule has 0 bridgehead atoms. The van der Waals surface area contributed by atoms with E-state index < -0.39 is 0 Å². The number of hydrogen-bond acceptors (Lipinski definition) is 4. The largest absolute Gasteiger partial charge is 0.493 e. The maximum absolute atomic E-state index is 6.60. The predicted octanol–water partition coefficient (Wildman–Crippen LogP) is 2.98. The Bertz CT molecular complexity index is 477. The summed E-state index contributed by atoms with van der Waals surface area (Å²) < 4.78 is 17.3. The Morgan fingerprint density at radius 1 is 1.24 bits per heavy atom. The molecule has 1 aliphatic heterocycles. The van der Waals surface area contributed by atoms with Crippen LogP contribution in [0.2, 0.25) is 0 Å². The van der Waals surface area contributed by atoms with Crippen molar-refractivity contribution in [2.24, 2.45) is 5.73 Å². The highest BCUT2D eigenvalue weighted by atomic mass is 16.5. The molecule has 1 heterocycles. The van der Waals surface area contributed by atoms with Crippen molar-refractivity contribution >= 4 is 0 Å². The monoisotopic (exact) mass is 291 g/mol. The molecular formula is C17H25NO3. The van der Waals surface area contributed by atoms with Crippen LogP contribution in [0, 0.1) is 0 Å². The minimum absolute atomic E-state index is 0.111. The molecule has 1 saturated carbocycles. The lowest BCUT2D eigenvalue weighted by atomic mass is 9.88. The molecule has 2 fully saturated rings. The maximum Gasteiger partial charge on any atom is 0.165 e. The van der Waals surface area contributed by atoms with Gasteiger partial charge in [0.2, 0.25) is 0 Å². The van der Waals surface area contributed by atoms with E-state index in [9.17, 15) is 0 Å². The van der Waals surface area contributed by atoms with Gasteiger partial charge in [-0.15, -0.1) is 0 Å². The topological polar surface area (TPSA) is 53.7 Å². The first kappa shape index (κ1) is 14.7. The van der Waals surface area contributed by atoms with Gasteiger partial charge in [0.1, 0.15) is 6.10 Å². The second-order valence-electron chi connectivity index (χ2n) is 6.16. The van der Waals surface area contributed by atoms with E-state index in [2.05, 4.69) is 6.07 Å². The molecule has 2 aliphatic rings. The van der Waals surface area contributed by atoms with Gasteiger partial charge in [-0.05, 0) is 31.7 Å². The van der Waals surface area contributed by atoms with E-state index in [-0.39, 0.29) is 11.6 Å².